The summed E-state index contributed by atoms with van der Waals surface area (Å²) in [6.45, 7) is 0. The van der Waals surface area contributed by atoms with E-state index in [-0.39, 0.29) is 29.4 Å². The number of aromatic hydroxyl groups is 2. The number of carbonyl (C=O) groups excluding carboxylic acids is 2. The molecular weight excluding hydrogens is 356 g/mol. The van der Waals surface area contributed by atoms with Crippen molar-refractivity contribution in [3.8, 4) is 23.0 Å². The molecule has 0 bridgehead atoms. The van der Waals surface area contributed by atoms with Crippen molar-refractivity contribution in [3.63, 3.8) is 0 Å². The van der Waals surface area contributed by atoms with Gasteiger partial charge in [0.15, 0.2) is 23.1 Å². The summed E-state index contributed by atoms with van der Waals surface area (Å²) in [5, 5.41) is 35.9. The second-order valence-electron chi connectivity index (χ2n) is 5.41. The third-order valence-corrected chi connectivity index (χ3v) is 3.44. The molecule has 2 aromatic rings. The summed E-state index contributed by atoms with van der Waals surface area (Å²) in [4.78, 5) is 31.7. The van der Waals surface area contributed by atoms with Gasteiger partial charge in [-0.3, -0.25) is 9.59 Å². The highest BCUT2D eigenvalue weighted by Crippen LogP contribution is 2.27. The van der Waals surface area contributed by atoms with Crippen LogP contribution in [0, 0.1) is 0 Å². The van der Waals surface area contributed by atoms with Crippen LogP contribution in [-0.2, 0) is 9.59 Å². The highest BCUT2D eigenvalue weighted by atomic mass is 17.1. The van der Waals surface area contributed by atoms with E-state index >= 15 is 0 Å². The number of carbonyl (C=O) groups is 2. The van der Waals surface area contributed by atoms with Gasteiger partial charge in [0.2, 0.25) is 11.5 Å². The Kier molecular flexibility index (Phi) is 6.70. The molecule has 0 aliphatic heterocycles. The van der Waals surface area contributed by atoms with E-state index in [1.807, 2.05) is 0 Å². The number of hydrogen-bond acceptors (Lipinski definition) is 8. The van der Waals surface area contributed by atoms with Crippen LogP contribution >= 0.6 is 0 Å². The maximum atomic E-state index is 11.8. The van der Waals surface area contributed by atoms with Crippen LogP contribution in [0.25, 0.3) is 12.2 Å². The number of hydrogen-bond donors (Lipinski definition) is 4. The van der Waals surface area contributed by atoms with E-state index in [2.05, 4.69) is 9.78 Å². The van der Waals surface area contributed by atoms with Crippen molar-refractivity contribution < 1.29 is 40.1 Å². The van der Waals surface area contributed by atoms with Crippen LogP contribution < -0.4 is 9.78 Å². The quantitative estimate of drug-likeness (QED) is 0.240. The Hall–Kier alpha value is -3.62. The molecule has 0 saturated carbocycles. The average molecular weight is 372 g/mol. The van der Waals surface area contributed by atoms with Gasteiger partial charge in [0.1, 0.15) is 0 Å². The molecule has 0 amide bonds. The number of ketones is 2. The van der Waals surface area contributed by atoms with Crippen LogP contribution in [0.2, 0.25) is 0 Å². The monoisotopic (exact) mass is 372 g/mol. The standard InChI is InChI=1S/C19H16O8/c20-14(5-1-12-3-7-16(22)18(9-12)26-24)11-15(21)6-2-13-4-8-17(23)19(10-13)27-25/h1-10,22-25H,11H2/b5-1+,6-2+. The summed E-state index contributed by atoms with van der Waals surface area (Å²) in [7, 11) is 0. The Bertz CT molecular complexity index is 825. The van der Waals surface area contributed by atoms with Gasteiger partial charge in [-0.15, -0.1) is 0 Å². The topological polar surface area (TPSA) is 134 Å². The van der Waals surface area contributed by atoms with Crippen molar-refractivity contribution in [2.24, 2.45) is 0 Å². The Balaban J connectivity index is 1.96. The summed E-state index contributed by atoms with van der Waals surface area (Å²) in [6.07, 6.45) is 4.84. The number of benzene rings is 2. The minimum absolute atomic E-state index is 0.163. The summed E-state index contributed by atoms with van der Waals surface area (Å²) >= 11 is 0. The average Bonchev–Trinajstić information content (AvgIpc) is 2.66. The molecule has 2 rings (SSSR count). The van der Waals surface area contributed by atoms with Crippen molar-refractivity contribution in [1.29, 1.82) is 0 Å². The number of phenolic OH excluding ortho intramolecular Hbond substituents is 2. The predicted octanol–water partition coefficient (Wildman–Crippen LogP) is 3.06. The summed E-state index contributed by atoms with van der Waals surface area (Å²) < 4.78 is 0. The number of rotatable bonds is 8. The molecule has 0 aliphatic rings. The minimum atomic E-state index is -0.450. The molecule has 0 aromatic heterocycles. The third-order valence-electron chi connectivity index (χ3n) is 3.44. The van der Waals surface area contributed by atoms with Crippen LogP contribution in [0.4, 0.5) is 0 Å². The molecule has 0 fully saturated rings. The Morgan fingerprint density at radius 3 is 1.56 bits per heavy atom. The van der Waals surface area contributed by atoms with E-state index in [1.54, 1.807) is 0 Å². The second-order valence-corrected chi connectivity index (χ2v) is 5.41. The number of allylic oxidation sites excluding steroid dienone is 2. The van der Waals surface area contributed by atoms with Gasteiger partial charge in [0.25, 0.3) is 0 Å². The highest BCUT2D eigenvalue weighted by Gasteiger charge is 2.06. The van der Waals surface area contributed by atoms with Gasteiger partial charge in [-0.05, 0) is 47.5 Å². The Labute approximate surface area is 153 Å². The zero-order valence-corrected chi connectivity index (χ0v) is 13.9. The van der Waals surface area contributed by atoms with Crippen molar-refractivity contribution >= 4 is 23.7 Å². The van der Waals surface area contributed by atoms with Crippen LogP contribution in [-0.4, -0.2) is 32.3 Å². The molecule has 0 saturated heterocycles. The van der Waals surface area contributed by atoms with E-state index in [0.29, 0.717) is 11.1 Å². The first-order valence-corrected chi connectivity index (χ1v) is 7.63. The van der Waals surface area contributed by atoms with Gasteiger partial charge < -0.3 is 20.0 Å². The molecule has 0 unspecified atom stereocenters. The Morgan fingerprint density at radius 1 is 0.778 bits per heavy atom. The molecule has 0 spiro atoms. The maximum absolute atomic E-state index is 11.8. The molecule has 4 N–H and O–H groups in total. The van der Waals surface area contributed by atoms with E-state index in [9.17, 15) is 19.8 Å². The van der Waals surface area contributed by atoms with E-state index in [0.717, 1.165) is 0 Å². The molecule has 0 heterocycles. The molecule has 2 aromatic carbocycles. The van der Waals surface area contributed by atoms with Crippen LogP contribution in [0.3, 0.4) is 0 Å². The second kappa shape index (κ2) is 9.18. The maximum Gasteiger partial charge on any atom is 0.207 e. The Morgan fingerprint density at radius 2 is 1.19 bits per heavy atom. The first kappa shape index (κ1) is 19.7. The summed E-state index contributed by atoms with van der Waals surface area (Å²) in [5.41, 5.74) is 0.961. The van der Waals surface area contributed by atoms with E-state index in [4.69, 9.17) is 10.5 Å². The molecule has 140 valence electrons. The van der Waals surface area contributed by atoms with Crippen molar-refractivity contribution in [1.82, 2.24) is 0 Å². The van der Waals surface area contributed by atoms with E-state index in [1.165, 1.54) is 60.7 Å². The fourth-order valence-corrected chi connectivity index (χ4v) is 2.08. The first-order chi connectivity index (χ1) is 12.9. The normalized spacial score (nSPS) is 11.0. The summed E-state index contributed by atoms with van der Waals surface area (Å²) in [5.74, 6) is -1.74. The van der Waals surface area contributed by atoms with Gasteiger partial charge in [0.05, 0.1) is 6.42 Å². The fraction of sp³-hybridized carbons (Fsp3) is 0.0526. The zero-order chi connectivity index (χ0) is 19.8. The number of phenols is 2. The minimum Gasteiger partial charge on any atom is -0.504 e. The predicted molar refractivity (Wildman–Crippen MR) is 95.4 cm³/mol. The van der Waals surface area contributed by atoms with Crippen molar-refractivity contribution in [3.05, 3.63) is 59.7 Å². The van der Waals surface area contributed by atoms with Crippen LogP contribution in [0.5, 0.6) is 23.0 Å². The van der Waals surface area contributed by atoms with E-state index < -0.39 is 11.6 Å². The molecule has 8 heteroatoms. The lowest BCUT2D eigenvalue weighted by Gasteiger charge is -2.01. The first-order valence-electron chi connectivity index (χ1n) is 7.63. The molecule has 0 aliphatic carbocycles. The highest BCUT2D eigenvalue weighted by molar-refractivity contribution is 6.10. The lowest BCUT2D eigenvalue weighted by Crippen LogP contribution is -2.01. The molecule has 0 radical (unpaired) electrons. The van der Waals surface area contributed by atoms with Gasteiger partial charge in [0, 0.05) is 0 Å². The van der Waals surface area contributed by atoms with Gasteiger partial charge in [-0.2, -0.15) is 0 Å². The van der Waals surface area contributed by atoms with Crippen molar-refractivity contribution in [2.45, 2.75) is 6.42 Å². The van der Waals surface area contributed by atoms with Crippen molar-refractivity contribution in [2.75, 3.05) is 0 Å². The largest absolute Gasteiger partial charge is 0.504 e. The van der Waals surface area contributed by atoms with Crippen LogP contribution in [0.1, 0.15) is 17.5 Å². The van der Waals surface area contributed by atoms with Gasteiger partial charge >= 0.3 is 0 Å². The SMILES string of the molecule is O=C(/C=C/c1ccc(O)c(OO)c1)CC(=O)/C=C/c1ccc(O)c(OO)c1. The molecule has 27 heavy (non-hydrogen) atoms. The molecule has 0 atom stereocenters. The lowest BCUT2D eigenvalue weighted by atomic mass is 10.1. The van der Waals surface area contributed by atoms with Crippen LogP contribution in [0.15, 0.2) is 48.6 Å². The smallest absolute Gasteiger partial charge is 0.207 e. The summed E-state index contributed by atoms with van der Waals surface area (Å²) in [6, 6.07) is 8.18. The lowest BCUT2D eigenvalue weighted by molar-refractivity contribution is -0.139. The van der Waals surface area contributed by atoms with Gasteiger partial charge in [-0.1, -0.05) is 24.3 Å². The van der Waals surface area contributed by atoms with Gasteiger partial charge in [-0.25, -0.2) is 10.5 Å². The zero-order valence-electron chi connectivity index (χ0n) is 13.9. The molecule has 8 nitrogen and oxygen atoms in total. The fourth-order valence-electron chi connectivity index (χ4n) is 2.08. The third kappa shape index (κ3) is 5.70. The molecular formula is C19H16O8.